The molecule has 0 unspecified atom stereocenters. The molecule has 154 valence electrons. The zero-order valence-electron chi connectivity index (χ0n) is 15.9. The summed E-state index contributed by atoms with van der Waals surface area (Å²) < 4.78 is 38.4. The van der Waals surface area contributed by atoms with Gasteiger partial charge in [0.1, 0.15) is 0 Å². The van der Waals surface area contributed by atoms with Crippen molar-refractivity contribution >= 4 is 23.3 Å². The van der Waals surface area contributed by atoms with Crippen molar-refractivity contribution < 1.29 is 22.8 Å². The molecule has 3 aromatic carbocycles. The molecule has 0 heterocycles. The fourth-order valence-electron chi connectivity index (χ4n) is 2.84. The van der Waals surface area contributed by atoms with Crippen molar-refractivity contribution in [3.05, 3.63) is 83.9 Å². The van der Waals surface area contributed by atoms with E-state index in [9.17, 15) is 22.8 Å². The molecule has 0 saturated heterocycles. The number of benzene rings is 3. The first-order valence-electron chi connectivity index (χ1n) is 8.95. The zero-order valence-corrected chi connectivity index (χ0v) is 15.9. The van der Waals surface area contributed by atoms with Gasteiger partial charge in [0, 0.05) is 24.0 Å². The third-order valence-electron chi connectivity index (χ3n) is 4.30. The Morgan fingerprint density at radius 2 is 1.43 bits per heavy atom. The van der Waals surface area contributed by atoms with Crippen molar-refractivity contribution in [2.24, 2.45) is 0 Å². The highest BCUT2D eigenvalue weighted by Crippen LogP contribution is 2.32. The van der Waals surface area contributed by atoms with Gasteiger partial charge in [0.25, 0.3) is 5.91 Å². The maximum absolute atomic E-state index is 12.8. The van der Waals surface area contributed by atoms with E-state index in [4.69, 9.17) is 0 Å². The number of halogens is 3. The fourth-order valence-corrected chi connectivity index (χ4v) is 2.84. The van der Waals surface area contributed by atoms with Crippen LogP contribution >= 0.6 is 0 Å². The summed E-state index contributed by atoms with van der Waals surface area (Å²) in [6.45, 7) is 0. The first-order chi connectivity index (χ1) is 14.3. The molecule has 5 nitrogen and oxygen atoms in total. The summed E-state index contributed by atoms with van der Waals surface area (Å²) in [5.74, 6) is -0.428. The third kappa shape index (κ3) is 4.96. The fraction of sp³-hybridized carbons (Fsp3) is 0.0909. The van der Waals surface area contributed by atoms with E-state index < -0.39 is 23.7 Å². The number of alkyl halides is 3. The minimum Gasteiger partial charge on any atom is -0.341 e. The van der Waals surface area contributed by atoms with E-state index in [1.807, 2.05) is 0 Å². The van der Waals surface area contributed by atoms with Gasteiger partial charge in [0.15, 0.2) is 0 Å². The van der Waals surface area contributed by atoms with Gasteiger partial charge in [-0.3, -0.25) is 4.79 Å². The monoisotopic (exact) mass is 413 g/mol. The zero-order chi connectivity index (χ0) is 21.7. The lowest BCUT2D eigenvalue weighted by atomic mass is 9.98. The van der Waals surface area contributed by atoms with Crippen LogP contribution in [0.2, 0.25) is 0 Å². The summed E-state index contributed by atoms with van der Waals surface area (Å²) in [6.07, 6.45) is -4.43. The lowest BCUT2D eigenvalue weighted by Gasteiger charge is -2.13. The van der Waals surface area contributed by atoms with Gasteiger partial charge in [0.05, 0.1) is 5.56 Å². The second-order valence-corrected chi connectivity index (χ2v) is 6.36. The lowest BCUT2D eigenvalue weighted by molar-refractivity contribution is -0.137. The van der Waals surface area contributed by atoms with Gasteiger partial charge in [-0.2, -0.15) is 13.2 Å². The molecule has 0 bridgehead atoms. The van der Waals surface area contributed by atoms with Crippen molar-refractivity contribution in [3.63, 3.8) is 0 Å². The molecule has 0 radical (unpaired) electrons. The number of hydrogen-bond donors (Lipinski definition) is 3. The summed E-state index contributed by atoms with van der Waals surface area (Å²) >= 11 is 0. The Morgan fingerprint density at radius 1 is 0.800 bits per heavy atom. The minimum atomic E-state index is -4.43. The minimum absolute atomic E-state index is 0.307. The van der Waals surface area contributed by atoms with Gasteiger partial charge in [-0.15, -0.1) is 0 Å². The first-order valence-corrected chi connectivity index (χ1v) is 8.95. The van der Waals surface area contributed by atoms with Crippen molar-refractivity contribution in [1.82, 2.24) is 5.32 Å². The molecule has 3 rings (SSSR count). The van der Waals surface area contributed by atoms with Crippen LogP contribution in [-0.2, 0) is 6.18 Å². The standard InChI is InChI=1S/C22H18F3N3O2/c1-26-21(30)28-17-6-4-5-16(13-17)27-20(29)19-8-3-2-7-18(19)14-9-11-15(12-10-14)22(23,24)25/h2-13H,1H3,(H,27,29)(H2,26,28,30). The van der Waals surface area contributed by atoms with Crippen LogP contribution in [0, 0.1) is 0 Å². The molecule has 0 saturated carbocycles. The predicted octanol–water partition coefficient (Wildman–Crippen LogP) is 5.38. The van der Waals surface area contributed by atoms with Gasteiger partial charge in [-0.25, -0.2) is 4.79 Å². The molecule has 3 N–H and O–H groups in total. The van der Waals surface area contributed by atoms with E-state index >= 15 is 0 Å². The van der Waals surface area contributed by atoms with Gasteiger partial charge >= 0.3 is 12.2 Å². The Balaban J connectivity index is 1.85. The van der Waals surface area contributed by atoms with E-state index in [-0.39, 0.29) is 0 Å². The maximum Gasteiger partial charge on any atom is 0.416 e. The van der Waals surface area contributed by atoms with Crippen molar-refractivity contribution in [3.8, 4) is 11.1 Å². The number of nitrogens with one attached hydrogen (secondary N) is 3. The average Bonchev–Trinajstić information content (AvgIpc) is 2.73. The third-order valence-corrected chi connectivity index (χ3v) is 4.30. The van der Waals surface area contributed by atoms with Crippen LogP contribution < -0.4 is 16.0 Å². The summed E-state index contributed by atoms with van der Waals surface area (Å²) in [7, 11) is 1.49. The second kappa shape index (κ2) is 8.69. The van der Waals surface area contributed by atoms with Crippen molar-refractivity contribution in [2.45, 2.75) is 6.18 Å². The van der Waals surface area contributed by atoms with Crippen molar-refractivity contribution in [1.29, 1.82) is 0 Å². The van der Waals surface area contributed by atoms with E-state index in [1.165, 1.54) is 19.2 Å². The van der Waals surface area contributed by atoms with Crippen LogP contribution in [0.4, 0.5) is 29.3 Å². The molecule has 0 aromatic heterocycles. The largest absolute Gasteiger partial charge is 0.416 e. The molecule has 0 aliphatic carbocycles. The van der Waals surface area contributed by atoms with Crippen molar-refractivity contribution in [2.75, 3.05) is 17.7 Å². The molecular formula is C22H18F3N3O2. The van der Waals surface area contributed by atoms with Crippen LogP contribution in [0.25, 0.3) is 11.1 Å². The molecule has 0 aliphatic rings. The summed E-state index contributed by atoms with van der Waals surface area (Å²) in [6, 6.07) is 17.5. The highest BCUT2D eigenvalue weighted by atomic mass is 19.4. The molecule has 8 heteroatoms. The highest BCUT2D eigenvalue weighted by molar-refractivity contribution is 6.09. The van der Waals surface area contributed by atoms with Gasteiger partial charge < -0.3 is 16.0 Å². The Hall–Kier alpha value is -3.81. The van der Waals surface area contributed by atoms with Crippen LogP contribution in [0.5, 0.6) is 0 Å². The number of anilines is 2. The van der Waals surface area contributed by atoms with E-state index in [1.54, 1.807) is 48.5 Å². The summed E-state index contributed by atoms with van der Waals surface area (Å²) in [4.78, 5) is 24.3. The Labute approximate surface area is 170 Å². The molecule has 3 aromatic rings. The van der Waals surface area contributed by atoms with Crippen LogP contribution in [0.15, 0.2) is 72.8 Å². The molecule has 0 atom stereocenters. The van der Waals surface area contributed by atoms with E-state index in [2.05, 4.69) is 16.0 Å². The van der Waals surface area contributed by atoms with E-state index in [0.29, 0.717) is 28.1 Å². The molecule has 30 heavy (non-hydrogen) atoms. The lowest BCUT2D eigenvalue weighted by Crippen LogP contribution is -2.24. The molecule has 3 amide bonds. The van der Waals surface area contributed by atoms with Crippen LogP contribution in [0.3, 0.4) is 0 Å². The smallest absolute Gasteiger partial charge is 0.341 e. The second-order valence-electron chi connectivity index (χ2n) is 6.36. The topological polar surface area (TPSA) is 70.2 Å². The highest BCUT2D eigenvalue weighted by Gasteiger charge is 2.30. The van der Waals surface area contributed by atoms with Gasteiger partial charge in [-0.1, -0.05) is 36.4 Å². The molecule has 0 aliphatic heterocycles. The average molecular weight is 413 g/mol. The summed E-state index contributed by atoms with van der Waals surface area (Å²) in [5, 5.41) is 7.78. The Morgan fingerprint density at radius 3 is 2.07 bits per heavy atom. The number of carbonyl (C=O) groups is 2. The van der Waals surface area contributed by atoms with Crippen LogP contribution in [0.1, 0.15) is 15.9 Å². The van der Waals surface area contributed by atoms with Gasteiger partial charge in [0.2, 0.25) is 0 Å². The Bertz CT molecular complexity index is 1060. The normalized spacial score (nSPS) is 10.9. The number of rotatable bonds is 4. The number of urea groups is 1. The summed E-state index contributed by atoms with van der Waals surface area (Å²) in [5.41, 5.74) is 1.49. The quantitative estimate of drug-likeness (QED) is 0.538. The van der Waals surface area contributed by atoms with E-state index in [0.717, 1.165) is 12.1 Å². The van der Waals surface area contributed by atoms with Gasteiger partial charge in [-0.05, 0) is 47.5 Å². The predicted molar refractivity (Wildman–Crippen MR) is 109 cm³/mol. The SMILES string of the molecule is CNC(=O)Nc1cccc(NC(=O)c2ccccc2-c2ccc(C(F)(F)F)cc2)c1. The number of hydrogen-bond acceptors (Lipinski definition) is 2. The first kappa shape index (κ1) is 20.9. The molecule has 0 spiro atoms. The maximum atomic E-state index is 12.8. The molecular weight excluding hydrogens is 395 g/mol. The Kier molecular flexibility index (Phi) is 6.06. The number of carbonyl (C=O) groups excluding carboxylic acids is 2. The number of amides is 3. The molecule has 0 fully saturated rings. The van der Waals surface area contributed by atoms with Crippen LogP contribution in [-0.4, -0.2) is 19.0 Å².